The first-order chi connectivity index (χ1) is 11.5. The first-order valence-electron chi connectivity index (χ1n) is 7.61. The quantitative estimate of drug-likeness (QED) is 0.874. The van der Waals surface area contributed by atoms with Crippen molar-refractivity contribution in [3.63, 3.8) is 0 Å². The van der Waals surface area contributed by atoms with Crippen molar-refractivity contribution in [2.24, 2.45) is 5.92 Å². The molecule has 1 saturated heterocycles. The van der Waals surface area contributed by atoms with E-state index in [4.69, 9.17) is 4.74 Å². The van der Waals surface area contributed by atoms with E-state index in [0.717, 1.165) is 37.1 Å². The molecular weight excluding hydrogens is 339 g/mol. The highest BCUT2D eigenvalue weighted by molar-refractivity contribution is 7.15. The van der Waals surface area contributed by atoms with Gasteiger partial charge in [0.2, 0.25) is 0 Å². The summed E-state index contributed by atoms with van der Waals surface area (Å²) in [5, 5.41) is 3.35. The number of hydrogen-bond donors (Lipinski definition) is 1. The van der Waals surface area contributed by atoms with E-state index in [1.54, 1.807) is 7.11 Å². The predicted molar refractivity (Wildman–Crippen MR) is 88.9 cm³/mol. The maximum absolute atomic E-state index is 12.6. The third-order valence-electron chi connectivity index (χ3n) is 4.03. The Morgan fingerprint density at radius 3 is 2.96 bits per heavy atom. The van der Waals surface area contributed by atoms with Crippen LogP contribution in [0.15, 0.2) is 30.5 Å². The third kappa shape index (κ3) is 3.92. The van der Waals surface area contributed by atoms with E-state index in [0.29, 0.717) is 28.9 Å². The number of thiazole rings is 1. The van der Waals surface area contributed by atoms with Crippen LogP contribution in [0, 0.1) is 5.92 Å². The van der Waals surface area contributed by atoms with Crippen LogP contribution >= 0.6 is 11.3 Å². The monoisotopic (exact) mass is 357 g/mol. The van der Waals surface area contributed by atoms with Gasteiger partial charge in [0.05, 0.1) is 13.3 Å². The standard InChI is InChI=1S/C16H18F3N3OS/c1-23-13-4-2-3-12(7-13)22-6-5-11(10-22)8-20-15-21-9-14(24-15)16(17,18)19/h2-4,7,9,11H,5-6,8,10H2,1H3,(H,20,21). The van der Waals surface area contributed by atoms with Gasteiger partial charge in [0.15, 0.2) is 5.13 Å². The number of nitrogens with zero attached hydrogens (tertiary/aromatic N) is 2. The summed E-state index contributed by atoms with van der Waals surface area (Å²) in [7, 11) is 1.64. The first kappa shape index (κ1) is 16.9. The van der Waals surface area contributed by atoms with Crippen molar-refractivity contribution >= 4 is 22.2 Å². The van der Waals surface area contributed by atoms with Crippen LogP contribution in [-0.4, -0.2) is 31.7 Å². The van der Waals surface area contributed by atoms with Gasteiger partial charge in [-0.1, -0.05) is 17.4 Å². The van der Waals surface area contributed by atoms with E-state index in [1.807, 2.05) is 24.3 Å². The molecule has 8 heteroatoms. The summed E-state index contributed by atoms with van der Waals surface area (Å²) in [6.45, 7) is 2.40. The zero-order valence-electron chi connectivity index (χ0n) is 13.1. The highest BCUT2D eigenvalue weighted by atomic mass is 32.1. The summed E-state index contributed by atoms with van der Waals surface area (Å²) < 4.78 is 42.9. The summed E-state index contributed by atoms with van der Waals surface area (Å²) in [6, 6.07) is 7.88. The molecule has 1 unspecified atom stereocenters. The lowest BCUT2D eigenvalue weighted by Gasteiger charge is -2.19. The maximum atomic E-state index is 12.6. The molecule has 0 saturated carbocycles. The minimum atomic E-state index is -4.33. The van der Waals surface area contributed by atoms with E-state index in [9.17, 15) is 13.2 Å². The highest BCUT2D eigenvalue weighted by Gasteiger charge is 2.33. The fraction of sp³-hybridized carbons (Fsp3) is 0.438. The van der Waals surface area contributed by atoms with E-state index >= 15 is 0 Å². The number of ether oxygens (including phenoxy) is 1. The van der Waals surface area contributed by atoms with Gasteiger partial charge in [0.25, 0.3) is 0 Å². The summed E-state index contributed by atoms with van der Waals surface area (Å²) in [5.41, 5.74) is 1.10. The molecule has 1 aromatic heterocycles. The SMILES string of the molecule is COc1cccc(N2CCC(CNc3ncc(C(F)(F)F)s3)C2)c1. The van der Waals surface area contributed by atoms with Gasteiger partial charge in [-0.25, -0.2) is 4.98 Å². The summed E-state index contributed by atoms with van der Waals surface area (Å²) >= 11 is 0.648. The second-order valence-corrected chi connectivity index (χ2v) is 6.74. The molecule has 1 aliphatic heterocycles. The number of hydrogen-bond acceptors (Lipinski definition) is 5. The fourth-order valence-corrected chi connectivity index (χ4v) is 3.45. The zero-order chi connectivity index (χ0) is 17.2. The highest BCUT2D eigenvalue weighted by Crippen LogP contribution is 2.35. The van der Waals surface area contributed by atoms with Crippen LogP contribution in [0.3, 0.4) is 0 Å². The maximum Gasteiger partial charge on any atom is 0.427 e. The molecule has 2 aromatic rings. The molecule has 0 radical (unpaired) electrons. The number of alkyl halides is 3. The molecule has 0 bridgehead atoms. The molecule has 1 aromatic carbocycles. The summed E-state index contributed by atoms with van der Waals surface area (Å²) in [6.07, 6.45) is -2.46. The molecule has 1 aliphatic rings. The molecule has 130 valence electrons. The van der Waals surface area contributed by atoms with Crippen molar-refractivity contribution < 1.29 is 17.9 Å². The molecule has 3 rings (SSSR count). The Bertz CT molecular complexity index is 689. The lowest BCUT2D eigenvalue weighted by Crippen LogP contribution is -2.22. The number of anilines is 2. The normalized spacial score (nSPS) is 18.0. The van der Waals surface area contributed by atoms with Crippen molar-refractivity contribution in [2.45, 2.75) is 12.6 Å². The topological polar surface area (TPSA) is 37.4 Å². The minimum absolute atomic E-state index is 0.321. The fourth-order valence-electron chi connectivity index (χ4n) is 2.76. The average molecular weight is 357 g/mol. The Morgan fingerprint density at radius 1 is 1.42 bits per heavy atom. The number of benzene rings is 1. The lowest BCUT2D eigenvalue weighted by molar-refractivity contribution is -0.134. The number of aromatic nitrogens is 1. The smallest absolute Gasteiger partial charge is 0.427 e. The molecule has 24 heavy (non-hydrogen) atoms. The second kappa shape index (κ2) is 6.88. The van der Waals surface area contributed by atoms with Gasteiger partial charge in [-0.3, -0.25) is 0 Å². The molecular formula is C16H18F3N3OS. The molecule has 1 N–H and O–H groups in total. The average Bonchev–Trinajstić information content (AvgIpc) is 3.22. The van der Waals surface area contributed by atoms with Gasteiger partial charge in [-0.05, 0) is 24.5 Å². The molecule has 4 nitrogen and oxygen atoms in total. The number of halogens is 3. The van der Waals surface area contributed by atoms with Crippen LogP contribution in [0.1, 0.15) is 11.3 Å². The van der Waals surface area contributed by atoms with Gasteiger partial charge in [-0.15, -0.1) is 0 Å². The van der Waals surface area contributed by atoms with Crippen molar-refractivity contribution in [1.82, 2.24) is 4.98 Å². The number of rotatable bonds is 5. The van der Waals surface area contributed by atoms with Crippen LogP contribution in [0.4, 0.5) is 24.0 Å². The van der Waals surface area contributed by atoms with Gasteiger partial charge < -0.3 is 15.0 Å². The second-order valence-electron chi connectivity index (χ2n) is 5.71. The largest absolute Gasteiger partial charge is 0.497 e. The Kier molecular flexibility index (Phi) is 4.84. The molecule has 1 fully saturated rings. The van der Waals surface area contributed by atoms with Crippen LogP contribution < -0.4 is 15.0 Å². The van der Waals surface area contributed by atoms with Gasteiger partial charge >= 0.3 is 6.18 Å². The van der Waals surface area contributed by atoms with Crippen LogP contribution in [0.5, 0.6) is 5.75 Å². The van der Waals surface area contributed by atoms with Gasteiger partial charge in [0, 0.05) is 31.4 Å². The van der Waals surface area contributed by atoms with Gasteiger partial charge in [0.1, 0.15) is 10.6 Å². The number of nitrogens with one attached hydrogen (secondary N) is 1. The number of methoxy groups -OCH3 is 1. The van der Waals surface area contributed by atoms with Crippen molar-refractivity contribution in [2.75, 3.05) is 37.0 Å². The molecule has 1 atom stereocenters. The van der Waals surface area contributed by atoms with Crippen molar-refractivity contribution in [1.29, 1.82) is 0 Å². The Morgan fingerprint density at radius 2 is 2.25 bits per heavy atom. The van der Waals surface area contributed by atoms with E-state index < -0.39 is 11.1 Å². The Balaban J connectivity index is 1.54. The van der Waals surface area contributed by atoms with E-state index in [-0.39, 0.29) is 0 Å². The molecule has 2 heterocycles. The molecule has 0 spiro atoms. The first-order valence-corrected chi connectivity index (χ1v) is 8.43. The lowest BCUT2D eigenvalue weighted by atomic mass is 10.1. The van der Waals surface area contributed by atoms with Crippen molar-refractivity contribution in [3.05, 3.63) is 35.3 Å². The molecule has 0 amide bonds. The van der Waals surface area contributed by atoms with Crippen LogP contribution in [0.2, 0.25) is 0 Å². The summed E-state index contributed by atoms with van der Waals surface area (Å²) in [4.78, 5) is 5.39. The van der Waals surface area contributed by atoms with Crippen LogP contribution in [-0.2, 0) is 6.18 Å². The van der Waals surface area contributed by atoms with Crippen molar-refractivity contribution in [3.8, 4) is 5.75 Å². The van der Waals surface area contributed by atoms with E-state index in [1.165, 1.54) is 0 Å². The zero-order valence-corrected chi connectivity index (χ0v) is 14.0. The van der Waals surface area contributed by atoms with Gasteiger partial charge in [-0.2, -0.15) is 13.2 Å². The molecule has 0 aliphatic carbocycles. The summed E-state index contributed by atoms with van der Waals surface area (Å²) in [5.74, 6) is 1.19. The van der Waals surface area contributed by atoms with Crippen LogP contribution in [0.25, 0.3) is 0 Å². The Labute approximate surface area is 142 Å². The minimum Gasteiger partial charge on any atom is -0.497 e. The third-order valence-corrected chi connectivity index (χ3v) is 5.03. The predicted octanol–water partition coefficient (Wildman–Crippen LogP) is 4.11. The van der Waals surface area contributed by atoms with E-state index in [2.05, 4.69) is 15.2 Å². The Hall–Kier alpha value is -1.96.